The van der Waals surface area contributed by atoms with Crippen LogP contribution in [0.15, 0.2) is 18.2 Å². The maximum absolute atomic E-state index is 12.7. The molecule has 2 amide bonds. The Bertz CT molecular complexity index is 723. The van der Waals surface area contributed by atoms with Crippen molar-refractivity contribution in [1.29, 1.82) is 0 Å². The number of hydrogen-bond donors (Lipinski definition) is 1. The summed E-state index contributed by atoms with van der Waals surface area (Å²) in [6.45, 7) is 1.45. The van der Waals surface area contributed by atoms with Crippen LogP contribution in [0.5, 0.6) is 0 Å². The van der Waals surface area contributed by atoms with E-state index in [1.54, 1.807) is 12.1 Å². The lowest BCUT2D eigenvalue weighted by Gasteiger charge is -2.18. The van der Waals surface area contributed by atoms with Gasteiger partial charge >= 0.3 is 10.2 Å². The van der Waals surface area contributed by atoms with Gasteiger partial charge in [0, 0.05) is 31.5 Å². The molecule has 1 aromatic carbocycles. The van der Waals surface area contributed by atoms with E-state index in [1.165, 1.54) is 17.9 Å². The number of carbonyl (C=O) groups is 2. The number of amides is 2. The molecule has 9 heteroatoms. The molecule has 0 radical (unpaired) electrons. The summed E-state index contributed by atoms with van der Waals surface area (Å²) in [5.74, 6) is -1.83. The van der Waals surface area contributed by atoms with Gasteiger partial charge in [-0.25, -0.2) is 0 Å². The van der Waals surface area contributed by atoms with Gasteiger partial charge in [-0.1, -0.05) is 11.6 Å². The number of hydrogen-bond acceptors (Lipinski definition) is 4. The molecule has 0 bridgehead atoms. The lowest BCUT2D eigenvalue weighted by Crippen LogP contribution is -2.25. The third kappa shape index (κ3) is 4.17. The van der Waals surface area contributed by atoms with Gasteiger partial charge in [0.15, 0.2) is 0 Å². The Morgan fingerprint density at radius 1 is 1.50 bits per heavy atom. The van der Waals surface area contributed by atoms with E-state index in [9.17, 15) is 21.9 Å². The van der Waals surface area contributed by atoms with Gasteiger partial charge in [-0.3, -0.25) is 9.59 Å². The standard InChI is InChI=1S/C13H14ClFN2O4S/c1-8(18)16-12-3-2-10(5-11(12)14)17-6-9(4-13(17)19)7-22(15,20)21/h2-3,5,9H,4,6-7H2,1H3,(H,16,18). The van der Waals surface area contributed by atoms with Gasteiger partial charge in [0.25, 0.3) is 0 Å². The van der Waals surface area contributed by atoms with Gasteiger partial charge in [0.1, 0.15) is 0 Å². The van der Waals surface area contributed by atoms with Crippen LogP contribution in [0.4, 0.5) is 15.3 Å². The summed E-state index contributed by atoms with van der Waals surface area (Å²) in [5.41, 5.74) is 0.885. The molecule has 0 aliphatic carbocycles. The van der Waals surface area contributed by atoms with Crippen LogP contribution in [0.1, 0.15) is 13.3 Å². The maximum Gasteiger partial charge on any atom is 0.302 e. The first-order valence-corrected chi connectivity index (χ1v) is 8.38. The number of benzene rings is 1. The fourth-order valence-electron chi connectivity index (χ4n) is 2.39. The predicted molar refractivity (Wildman–Crippen MR) is 81.1 cm³/mol. The van der Waals surface area contributed by atoms with Crippen molar-refractivity contribution in [1.82, 2.24) is 0 Å². The van der Waals surface area contributed by atoms with Crippen molar-refractivity contribution < 1.29 is 21.9 Å². The monoisotopic (exact) mass is 348 g/mol. The molecule has 1 aliphatic heterocycles. The molecule has 0 saturated carbocycles. The van der Waals surface area contributed by atoms with Gasteiger partial charge in [-0.2, -0.15) is 8.42 Å². The molecule has 120 valence electrons. The predicted octanol–water partition coefficient (Wildman–Crippen LogP) is 1.95. The molecule has 1 N–H and O–H groups in total. The quantitative estimate of drug-likeness (QED) is 0.843. The van der Waals surface area contributed by atoms with Gasteiger partial charge < -0.3 is 10.2 Å². The zero-order valence-corrected chi connectivity index (χ0v) is 13.2. The highest BCUT2D eigenvalue weighted by Gasteiger charge is 2.33. The first kappa shape index (κ1) is 16.7. The van der Waals surface area contributed by atoms with E-state index in [0.717, 1.165) is 0 Å². The SMILES string of the molecule is CC(=O)Nc1ccc(N2CC(CS(=O)(=O)F)CC2=O)cc1Cl. The van der Waals surface area contributed by atoms with Crippen LogP contribution >= 0.6 is 11.6 Å². The molecule has 1 fully saturated rings. The van der Waals surface area contributed by atoms with E-state index in [0.29, 0.717) is 11.4 Å². The molecule has 1 aliphatic rings. The smallest absolute Gasteiger partial charge is 0.302 e. The number of nitrogens with zero attached hydrogens (tertiary/aromatic N) is 1. The van der Waals surface area contributed by atoms with Crippen LogP contribution in [-0.4, -0.2) is 32.5 Å². The fourth-order valence-corrected chi connectivity index (χ4v) is 3.40. The fraction of sp³-hybridized carbons (Fsp3) is 0.385. The summed E-state index contributed by atoms with van der Waals surface area (Å²) in [7, 11) is -4.62. The second kappa shape index (κ2) is 6.21. The van der Waals surface area contributed by atoms with E-state index in [1.807, 2.05) is 0 Å². The molecule has 1 saturated heterocycles. The topological polar surface area (TPSA) is 83.6 Å². The molecule has 0 aromatic heterocycles. The third-order valence-corrected chi connectivity index (χ3v) is 4.40. The largest absolute Gasteiger partial charge is 0.325 e. The Labute approximate surface area is 132 Å². The first-order chi connectivity index (χ1) is 10.2. The normalized spacial score (nSPS) is 18.6. The van der Waals surface area contributed by atoms with Crippen LogP contribution in [0, 0.1) is 5.92 Å². The minimum atomic E-state index is -4.62. The Kier molecular flexibility index (Phi) is 4.72. The summed E-state index contributed by atoms with van der Waals surface area (Å²) < 4.78 is 34.1. The zero-order valence-electron chi connectivity index (χ0n) is 11.7. The van der Waals surface area contributed by atoms with E-state index in [2.05, 4.69) is 5.32 Å². The Morgan fingerprint density at radius 3 is 2.73 bits per heavy atom. The van der Waals surface area contributed by atoms with E-state index < -0.39 is 21.9 Å². The number of rotatable bonds is 4. The Morgan fingerprint density at radius 2 is 2.18 bits per heavy atom. The van der Waals surface area contributed by atoms with Crippen LogP contribution in [-0.2, 0) is 19.8 Å². The molecule has 2 rings (SSSR count). The van der Waals surface area contributed by atoms with Crippen molar-refractivity contribution >= 4 is 45.0 Å². The van der Waals surface area contributed by atoms with Crippen LogP contribution in [0.25, 0.3) is 0 Å². The minimum absolute atomic E-state index is 0.0335. The average Bonchev–Trinajstić information content (AvgIpc) is 2.70. The molecular formula is C13H14ClFN2O4S. The Balaban J connectivity index is 2.17. The number of nitrogens with one attached hydrogen (secondary N) is 1. The maximum atomic E-state index is 12.7. The van der Waals surface area contributed by atoms with Crippen LogP contribution < -0.4 is 10.2 Å². The number of halogens is 2. The molecule has 0 spiro atoms. The second-order valence-corrected chi connectivity index (χ2v) is 6.94. The van der Waals surface area contributed by atoms with Gasteiger partial charge in [0.2, 0.25) is 11.8 Å². The van der Waals surface area contributed by atoms with E-state index in [4.69, 9.17) is 11.6 Å². The molecular weight excluding hydrogens is 335 g/mol. The summed E-state index contributed by atoms with van der Waals surface area (Å²) in [6, 6.07) is 4.63. The van der Waals surface area contributed by atoms with Crippen LogP contribution in [0.3, 0.4) is 0 Å². The Hall–Kier alpha value is -1.67. The van der Waals surface area contributed by atoms with Gasteiger partial charge in [-0.15, -0.1) is 3.89 Å². The van der Waals surface area contributed by atoms with Crippen molar-refractivity contribution in [2.45, 2.75) is 13.3 Å². The highest BCUT2D eigenvalue weighted by atomic mass is 35.5. The average molecular weight is 349 g/mol. The second-order valence-electron chi connectivity index (χ2n) is 5.13. The van der Waals surface area contributed by atoms with Gasteiger partial charge in [-0.05, 0) is 18.2 Å². The van der Waals surface area contributed by atoms with Gasteiger partial charge in [0.05, 0.1) is 16.5 Å². The van der Waals surface area contributed by atoms with Crippen molar-refractivity contribution in [2.75, 3.05) is 22.5 Å². The van der Waals surface area contributed by atoms with Crippen molar-refractivity contribution in [2.24, 2.45) is 5.92 Å². The highest BCUT2D eigenvalue weighted by Crippen LogP contribution is 2.31. The summed E-state index contributed by atoms with van der Waals surface area (Å²) in [5, 5.41) is 2.79. The lowest BCUT2D eigenvalue weighted by molar-refractivity contribution is -0.117. The molecule has 1 atom stereocenters. The summed E-state index contributed by atoms with van der Waals surface area (Å²) >= 11 is 6.03. The third-order valence-electron chi connectivity index (χ3n) is 3.21. The van der Waals surface area contributed by atoms with Crippen molar-refractivity contribution in [3.63, 3.8) is 0 Å². The lowest BCUT2D eigenvalue weighted by atomic mass is 10.1. The minimum Gasteiger partial charge on any atom is -0.325 e. The van der Waals surface area contributed by atoms with Crippen molar-refractivity contribution in [3.8, 4) is 0 Å². The highest BCUT2D eigenvalue weighted by molar-refractivity contribution is 7.86. The van der Waals surface area contributed by atoms with Crippen molar-refractivity contribution in [3.05, 3.63) is 23.2 Å². The molecule has 1 unspecified atom stereocenters. The van der Waals surface area contributed by atoms with E-state index >= 15 is 0 Å². The summed E-state index contributed by atoms with van der Waals surface area (Å²) in [4.78, 5) is 24.3. The van der Waals surface area contributed by atoms with E-state index in [-0.39, 0.29) is 29.8 Å². The zero-order chi connectivity index (χ0) is 16.5. The number of carbonyl (C=O) groups excluding carboxylic acids is 2. The van der Waals surface area contributed by atoms with Crippen LogP contribution in [0.2, 0.25) is 5.02 Å². The molecule has 1 heterocycles. The first-order valence-electron chi connectivity index (χ1n) is 6.45. The molecule has 6 nitrogen and oxygen atoms in total. The molecule has 22 heavy (non-hydrogen) atoms. The summed E-state index contributed by atoms with van der Waals surface area (Å²) in [6.07, 6.45) is -0.0335. The number of anilines is 2. The molecule has 1 aromatic rings.